The smallest absolute Gasteiger partial charge is 0.219 e. The summed E-state index contributed by atoms with van der Waals surface area (Å²) in [6.45, 7) is 2.96. The van der Waals surface area contributed by atoms with E-state index >= 15 is 0 Å². The lowest BCUT2D eigenvalue weighted by atomic mass is 10.0. The average molecular weight is 272 g/mol. The van der Waals surface area contributed by atoms with Gasteiger partial charge < -0.3 is 25.5 Å². The van der Waals surface area contributed by atoms with Gasteiger partial charge in [0.2, 0.25) is 5.91 Å². The molecule has 0 radical (unpaired) electrons. The van der Waals surface area contributed by atoms with Crippen LogP contribution in [-0.2, 0) is 4.79 Å². The zero-order valence-electron chi connectivity index (χ0n) is 11.3. The highest BCUT2D eigenvalue weighted by molar-refractivity contribution is 5.73. The molecule has 2 rings (SSSR count). The van der Waals surface area contributed by atoms with E-state index in [1.807, 2.05) is 4.90 Å². The van der Waals surface area contributed by atoms with Crippen LogP contribution in [0.2, 0.25) is 0 Å². The van der Waals surface area contributed by atoms with Crippen LogP contribution in [0.5, 0.6) is 0 Å². The van der Waals surface area contributed by atoms with Crippen molar-refractivity contribution in [2.45, 2.75) is 50.5 Å². The predicted molar refractivity (Wildman–Crippen MR) is 69.4 cm³/mol. The van der Waals surface area contributed by atoms with Gasteiger partial charge in [-0.25, -0.2) is 0 Å². The molecular weight excluding hydrogens is 248 g/mol. The largest absolute Gasteiger partial charge is 0.396 e. The van der Waals surface area contributed by atoms with E-state index < -0.39 is 12.2 Å². The molecule has 0 aromatic heterocycles. The second-order valence-electron chi connectivity index (χ2n) is 5.71. The minimum Gasteiger partial charge on any atom is -0.396 e. The maximum atomic E-state index is 11.2. The first-order valence-electron chi connectivity index (χ1n) is 7.01. The van der Waals surface area contributed by atoms with Gasteiger partial charge in [0, 0.05) is 44.6 Å². The highest BCUT2D eigenvalue weighted by Gasteiger charge is 2.41. The Balaban J connectivity index is 1.81. The first-order chi connectivity index (χ1) is 9.02. The maximum Gasteiger partial charge on any atom is 0.219 e. The third-order valence-electron chi connectivity index (χ3n) is 4.43. The van der Waals surface area contributed by atoms with Crippen LogP contribution in [0.4, 0.5) is 0 Å². The van der Waals surface area contributed by atoms with Crippen LogP contribution in [0, 0.1) is 5.92 Å². The number of nitrogens with one attached hydrogen (secondary N) is 1. The van der Waals surface area contributed by atoms with Gasteiger partial charge in [0.1, 0.15) is 0 Å². The summed E-state index contributed by atoms with van der Waals surface area (Å²) in [6, 6.07) is 0.0981. The molecule has 6 heteroatoms. The van der Waals surface area contributed by atoms with Gasteiger partial charge in [-0.1, -0.05) is 0 Å². The lowest BCUT2D eigenvalue weighted by molar-refractivity contribution is -0.129. The SMILES string of the molecule is CC(=O)N1CCC(N[C@@H]2C[C@H](CO)[C@@H](O)[C@H]2O)CC1. The lowest BCUT2D eigenvalue weighted by Crippen LogP contribution is -2.50. The summed E-state index contributed by atoms with van der Waals surface area (Å²) < 4.78 is 0. The van der Waals surface area contributed by atoms with Gasteiger partial charge >= 0.3 is 0 Å². The van der Waals surface area contributed by atoms with Gasteiger partial charge in [0.25, 0.3) is 0 Å². The molecule has 6 nitrogen and oxygen atoms in total. The number of likely N-dealkylation sites (tertiary alicyclic amines) is 1. The molecular formula is C13H24N2O4. The summed E-state index contributed by atoms with van der Waals surface area (Å²) in [4.78, 5) is 13.1. The maximum absolute atomic E-state index is 11.2. The fourth-order valence-electron chi connectivity index (χ4n) is 3.13. The Hall–Kier alpha value is -0.690. The molecule has 0 bridgehead atoms. The molecule has 0 unspecified atom stereocenters. The first kappa shape index (κ1) is 14.7. The van der Waals surface area contributed by atoms with E-state index in [9.17, 15) is 15.0 Å². The normalized spacial score (nSPS) is 36.7. The molecule has 2 fully saturated rings. The fourth-order valence-corrected chi connectivity index (χ4v) is 3.13. The van der Waals surface area contributed by atoms with Crippen molar-refractivity contribution in [3.63, 3.8) is 0 Å². The highest BCUT2D eigenvalue weighted by Crippen LogP contribution is 2.27. The van der Waals surface area contributed by atoms with Gasteiger partial charge in [-0.15, -0.1) is 0 Å². The summed E-state index contributed by atoms with van der Waals surface area (Å²) in [5.41, 5.74) is 0. The molecule has 0 aromatic carbocycles. The number of hydrogen-bond acceptors (Lipinski definition) is 5. The van der Waals surface area contributed by atoms with Crippen molar-refractivity contribution in [2.75, 3.05) is 19.7 Å². The second kappa shape index (κ2) is 6.17. The molecule has 4 N–H and O–H groups in total. The van der Waals surface area contributed by atoms with Gasteiger partial charge in [0.15, 0.2) is 0 Å². The molecule has 110 valence electrons. The molecule has 1 saturated carbocycles. The van der Waals surface area contributed by atoms with E-state index in [2.05, 4.69) is 5.32 Å². The van der Waals surface area contributed by atoms with Gasteiger partial charge in [0.05, 0.1) is 12.2 Å². The molecule has 1 aliphatic heterocycles. The van der Waals surface area contributed by atoms with Crippen molar-refractivity contribution >= 4 is 5.91 Å². The van der Waals surface area contributed by atoms with Crippen LogP contribution in [-0.4, -0.2) is 70.1 Å². The molecule has 0 spiro atoms. The summed E-state index contributed by atoms with van der Waals surface area (Å²) >= 11 is 0. The number of piperidine rings is 1. The number of hydrogen-bond donors (Lipinski definition) is 4. The monoisotopic (exact) mass is 272 g/mol. The van der Waals surface area contributed by atoms with Crippen LogP contribution < -0.4 is 5.32 Å². The van der Waals surface area contributed by atoms with E-state index in [1.165, 1.54) is 0 Å². The Bertz CT molecular complexity index is 318. The Morgan fingerprint density at radius 3 is 2.37 bits per heavy atom. The number of rotatable bonds is 3. The number of carbonyl (C=O) groups is 1. The third-order valence-corrected chi connectivity index (χ3v) is 4.43. The highest BCUT2D eigenvalue weighted by atomic mass is 16.3. The zero-order valence-corrected chi connectivity index (χ0v) is 11.3. The van der Waals surface area contributed by atoms with Crippen molar-refractivity contribution in [2.24, 2.45) is 5.92 Å². The Morgan fingerprint density at radius 1 is 1.26 bits per heavy atom. The van der Waals surface area contributed by atoms with E-state index in [0.717, 1.165) is 25.9 Å². The summed E-state index contributed by atoms with van der Waals surface area (Å²) in [5, 5.41) is 32.2. The van der Waals surface area contributed by atoms with Crippen molar-refractivity contribution in [1.82, 2.24) is 10.2 Å². The second-order valence-corrected chi connectivity index (χ2v) is 5.71. The number of carbonyl (C=O) groups excluding carboxylic acids is 1. The third kappa shape index (κ3) is 3.25. The van der Waals surface area contributed by atoms with Gasteiger partial charge in [-0.2, -0.15) is 0 Å². The minimum atomic E-state index is -0.847. The van der Waals surface area contributed by atoms with Crippen LogP contribution in [0.1, 0.15) is 26.2 Å². The summed E-state index contributed by atoms with van der Waals surface area (Å²) in [6.07, 6.45) is 0.653. The Kier molecular flexibility index (Phi) is 4.78. The lowest BCUT2D eigenvalue weighted by Gasteiger charge is -2.34. The van der Waals surface area contributed by atoms with E-state index in [4.69, 9.17) is 5.11 Å². The average Bonchev–Trinajstić information content (AvgIpc) is 2.67. The molecule has 1 amide bonds. The van der Waals surface area contributed by atoms with Crippen LogP contribution in [0.15, 0.2) is 0 Å². The fraction of sp³-hybridized carbons (Fsp3) is 0.923. The molecule has 2 aliphatic rings. The van der Waals surface area contributed by atoms with Crippen molar-refractivity contribution in [3.8, 4) is 0 Å². The number of aliphatic hydroxyl groups excluding tert-OH is 3. The number of aliphatic hydroxyl groups is 3. The van der Waals surface area contributed by atoms with Crippen LogP contribution >= 0.6 is 0 Å². The van der Waals surface area contributed by atoms with Gasteiger partial charge in [-0.05, 0) is 19.3 Å². The number of amides is 1. The zero-order chi connectivity index (χ0) is 14.0. The minimum absolute atomic E-state index is 0.0980. The van der Waals surface area contributed by atoms with E-state index in [1.54, 1.807) is 6.92 Å². The summed E-state index contributed by atoms with van der Waals surface area (Å²) in [7, 11) is 0. The van der Waals surface area contributed by atoms with E-state index in [0.29, 0.717) is 6.42 Å². The quantitative estimate of drug-likeness (QED) is 0.512. The molecule has 4 atom stereocenters. The van der Waals surface area contributed by atoms with E-state index in [-0.39, 0.29) is 30.5 Å². The van der Waals surface area contributed by atoms with Gasteiger partial charge in [-0.3, -0.25) is 4.79 Å². The van der Waals surface area contributed by atoms with Crippen LogP contribution in [0.3, 0.4) is 0 Å². The predicted octanol–water partition coefficient (Wildman–Crippen LogP) is -1.31. The molecule has 19 heavy (non-hydrogen) atoms. The topological polar surface area (TPSA) is 93.0 Å². The molecule has 0 aromatic rings. The first-order valence-corrected chi connectivity index (χ1v) is 7.01. The Morgan fingerprint density at radius 2 is 1.89 bits per heavy atom. The van der Waals surface area contributed by atoms with Crippen LogP contribution in [0.25, 0.3) is 0 Å². The van der Waals surface area contributed by atoms with Crippen molar-refractivity contribution < 1.29 is 20.1 Å². The Labute approximate surface area is 113 Å². The van der Waals surface area contributed by atoms with Crippen molar-refractivity contribution in [3.05, 3.63) is 0 Å². The molecule has 1 aliphatic carbocycles. The summed E-state index contributed by atoms with van der Waals surface area (Å²) in [5.74, 6) is -0.139. The molecule has 1 heterocycles. The number of nitrogens with zero attached hydrogens (tertiary/aromatic N) is 1. The molecule has 1 saturated heterocycles. The van der Waals surface area contributed by atoms with Crippen molar-refractivity contribution in [1.29, 1.82) is 0 Å². The standard InChI is InChI=1S/C13H24N2O4/c1-8(17)15-4-2-10(3-5-15)14-11-6-9(7-16)12(18)13(11)19/h9-14,16,18-19H,2-7H2,1H3/t9-,11-,12-,13+/m1/s1.